The van der Waals surface area contributed by atoms with E-state index in [-0.39, 0.29) is 22.1 Å². The summed E-state index contributed by atoms with van der Waals surface area (Å²) in [5, 5.41) is 11.5. The van der Waals surface area contributed by atoms with Gasteiger partial charge in [-0.2, -0.15) is 0 Å². The van der Waals surface area contributed by atoms with Crippen LogP contribution in [0.5, 0.6) is 0 Å². The molecule has 19 heavy (non-hydrogen) atoms. The van der Waals surface area contributed by atoms with Crippen LogP contribution in [0.15, 0.2) is 45.6 Å². The molecule has 0 saturated heterocycles. The highest BCUT2D eigenvalue weighted by molar-refractivity contribution is 5.95. The maximum absolute atomic E-state index is 12.4. The van der Waals surface area contributed by atoms with Gasteiger partial charge < -0.3 is 4.42 Å². The van der Waals surface area contributed by atoms with Crippen LogP contribution in [-0.2, 0) is 0 Å². The molecule has 0 amide bonds. The lowest BCUT2D eigenvalue weighted by Gasteiger charge is -2.03. The molecule has 1 aromatic heterocycles. The van der Waals surface area contributed by atoms with Gasteiger partial charge in [-0.15, -0.1) is 0 Å². The smallest absolute Gasteiger partial charge is 0.287 e. The Labute approximate surface area is 107 Å². The predicted octanol–water partition coefficient (Wildman–Crippen LogP) is 3.16. The summed E-state index contributed by atoms with van der Waals surface area (Å²) >= 11 is 0. The van der Waals surface area contributed by atoms with E-state index >= 15 is 0 Å². The SMILES string of the molecule is Cc1ccc2oc3ccccc3c(=O)c2c1[N+](=O)[O-]. The maximum Gasteiger partial charge on any atom is 0.287 e. The van der Waals surface area contributed by atoms with Crippen LogP contribution in [0.4, 0.5) is 5.69 Å². The largest absolute Gasteiger partial charge is 0.456 e. The minimum Gasteiger partial charge on any atom is -0.456 e. The summed E-state index contributed by atoms with van der Waals surface area (Å²) in [5.41, 5.74) is 0.559. The highest BCUT2D eigenvalue weighted by Gasteiger charge is 2.21. The van der Waals surface area contributed by atoms with Gasteiger partial charge in [-0.05, 0) is 31.2 Å². The summed E-state index contributed by atoms with van der Waals surface area (Å²) in [7, 11) is 0. The van der Waals surface area contributed by atoms with Crippen molar-refractivity contribution in [1.29, 1.82) is 0 Å². The van der Waals surface area contributed by atoms with E-state index in [9.17, 15) is 14.9 Å². The molecule has 0 unspecified atom stereocenters. The van der Waals surface area contributed by atoms with E-state index in [1.165, 1.54) is 0 Å². The molecule has 3 aromatic rings. The summed E-state index contributed by atoms with van der Waals surface area (Å²) < 4.78 is 5.57. The summed E-state index contributed by atoms with van der Waals surface area (Å²) in [4.78, 5) is 23.0. The minimum absolute atomic E-state index is 0.0312. The second-order valence-corrected chi connectivity index (χ2v) is 4.29. The van der Waals surface area contributed by atoms with Gasteiger partial charge in [-0.3, -0.25) is 14.9 Å². The van der Waals surface area contributed by atoms with Crippen molar-refractivity contribution in [2.24, 2.45) is 0 Å². The van der Waals surface area contributed by atoms with Crippen molar-refractivity contribution in [3.05, 3.63) is 62.3 Å². The van der Waals surface area contributed by atoms with E-state index in [1.54, 1.807) is 43.3 Å². The van der Waals surface area contributed by atoms with Crippen molar-refractivity contribution in [3.63, 3.8) is 0 Å². The normalized spacial score (nSPS) is 11.0. The van der Waals surface area contributed by atoms with Crippen LogP contribution < -0.4 is 5.43 Å². The second kappa shape index (κ2) is 3.91. The molecule has 0 aliphatic carbocycles. The monoisotopic (exact) mass is 255 g/mol. The first kappa shape index (κ1) is 11.4. The number of hydrogen-bond donors (Lipinski definition) is 0. The van der Waals surface area contributed by atoms with Crippen molar-refractivity contribution >= 4 is 27.6 Å². The van der Waals surface area contributed by atoms with Gasteiger partial charge in [0.15, 0.2) is 0 Å². The van der Waals surface area contributed by atoms with Crippen molar-refractivity contribution in [1.82, 2.24) is 0 Å². The fraction of sp³-hybridized carbons (Fsp3) is 0.0714. The molecule has 5 nitrogen and oxygen atoms in total. The number of para-hydroxylation sites is 1. The highest BCUT2D eigenvalue weighted by atomic mass is 16.6. The topological polar surface area (TPSA) is 73.3 Å². The molecule has 3 rings (SSSR count). The van der Waals surface area contributed by atoms with E-state index in [0.29, 0.717) is 16.5 Å². The summed E-state index contributed by atoms with van der Waals surface area (Å²) in [6.45, 7) is 1.60. The lowest BCUT2D eigenvalue weighted by atomic mass is 10.1. The van der Waals surface area contributed by atoms with E-state index in [1.807, 2.05) is 0 Å². The van der Waals surface area contributed by atoms with Crippen molar-refractivity contribution in [2.75, 3.05) is 0 Å². The molecule has 5 heteroatoms. The third-order valence-corrected chi connectivity index (χ3v) is 3.10. The average molecular weight is 255 g/mol. The first-order chi connectivity index (χ1) is 9.09. The Kier molecular flexibility index (Phi) is 2.35. The minimum atomic E-state index is -0.538. The number of aryl methyl sites for hydroxylation is 1. The van der Waals surface area contributed by atoms with Crippen LogP contribution in [0.2, 0.25) is 0 Å². The molecule has 0 N–H and O–H groups in total. The molecule has 2 aromatic carbocycles. The molecule has 0 aliphatic rings. The zero-order valence-electron chi connectivity index (χ0n) is 10.0. The quantitative estimate of drug-likeness (QED) is 0.380. The molecule has 0 bridgehead atoms. The lowest BCUT2D eigenvalue weighted by molar-refractivity contribution is -0.383. The Morgan fingerprint density at radius 3 is 2.58 bits per heavy atom. The van der Waals surface area contributed by atoms with Gasteiger partial charge in [0.1, 0.15) is 16.6 Å². The van der Waals surface area contributed by atoms with E-state index in [2.05, 4.69) is 0 Å². The van der Waals surface area contributed by atoms with Gasteiger partial charge in [0, 0.05) is 5.56 Å². The predicted molar refractivity (Wildman–Crippen MR) is 71.4 cm³/mol. The van der Waals surface area contributed by atoms with Crippen molar-refractivity contribution in [2.45, 2.75) is 6.92 Å². The van der Waals surface area contributed by atoms with E-state index in [4.69, 9.17) is 4.42 Å². The Balaban J connectivity index is 2.64. The zero-order chi connectivity index (χ0) is 13.6. The Bertz CT molecular complexity index is 880. The lowest BCUT2D eigenvalue weighted by Crippen LogP contribution is -2.06. The number of rotatable bonds is 1. The first-order valence-electron chi connectivity index (χ1n) is 5.69. The van der Waals surface area contributed by atoms with Crippen molar-refractivity contribution in [3.8, 4) is 0 Å². The molecule has 94 valence electrons. The summed E-state index contributed by atoms with van der Waals surface area (Å²) in [5.74, 6) is 0. The molecule has 0 fully saturated rings. The molecule has 0 aliphatic heterocycles. The van der Waals surface area contributed by atoms with Crippen LogP contribution in [0.25, 0.3) is 21.9 Å². The molecular formula is C14H9NO4. The molecule has 0 saturated carbocycles. The number of benzene rings is 2. The fourth-order valence-electron chi connectivity index (χ4n) is 2.21. The van der Waals surface area contributed by atoms with Gasteiger partial charge in [0.2, 0.25) is 5.43 Å². The number of fused-ring (bicyclic) bond motifs is 2. The molecule has 0 radical (unpaired) electrons. The number of nitrogens with zero attached hydrogens (tertiary/aromatic N) is 1. The van der Waals surface area contributed by atoms with Gasteiger partial charge in [0.05, 0.1) is 10.3 Å². The van der Waals surface area contributed by atoms with Gasteiger partial charge in [-0.25, -0.2) is 0 Å². The number of nitro benzene ring substituents is 1. The third kappa shape index (κ3) is 1.59. The standard InChI is InChI=1S/C14H9NO4/c1-8-6-7-11-12(13(8)15(17)18)14(16)9-4-2-3-5-10(9)19-11/h2-7H,1H3. The van der Waals surface area contributed by atoms with Crippen LogP contribution in [0.1, 0.15) is 5.56 Å². The van der Waals surface area contributed by atoms with Crippen LogP contribution >= 0.6 is 0 Å². The number of nitro groups is 1. The van der Waals surface area contributed by atoms with Crippen LogP contribution in [-0.4, -0.2) is 4.92 Å². The molecular weight excluding hydrogens is 246 g/mol. The summed E-state index contributed by atoms with van der Waals surface area (Å²) in [6, 6.07) is 9.89. The molecule has 0 spiro atoms. The first-order valence-corrected chi connectivity index (χ1v) is 5.69. The van der Waals surface area contributed by atoms with Crippen molar-refractivity contribution < 1.29 is 9.34 Å². The Hall–Kier alpha value is -2.69. The average Bonchev–Trinajstić information content (AvgIpc) is 2.39. The maximum atomic E-state index is 12.4. The third-order valence-electron chi connectivity index (χ3n) is 3.10. The second-order valence-electron chi connectivity index (χ2n) is 4.29. The van der Waals surface area contributed by atoms with Gasteiger partial charge >= 0.3 is 0 Å². The fourth-order valence-corrected chi connectivity index (χ4v) is 2.21. The highest BCUT2D eigenvalue weighted by Crippen LogP contribution is 2.28. The Morgan fingerprint density at radius 2 is 1.84 bits per heavy atom. The van der Waals surface area contributed by atoms with E-state index in [0.717, 1.165) is 0 Å². The van der Waals surface area contributed by atoms with Gasteiger partial charge in [-0.1, -0.05) is 12.1 Å². The molecule has 1 heterocycles. The van der Waals surface area contributed by atoms with Crippen LogP contribution in [0, 0.1) is 17.0 Å². The van der Waals surface area contributed by atoms with Crippen LogP contribution in [0.3, 0.4) is 0 Å². The molecule has 0 atom stereocenters. The Morgan fingerprint density at radius 1 is 1.11 bits per heavy atom. The van der Waals surface area contributed by atoms with Gasteiger partial charge in [0.25, 0.3) is 5.69 Å². The zero-order valence-corrected chi connectivity index (χ0v) is 10.0. The van der Waals surface area contributed by atoms with E-state index < -0.39 is 4.92 Å². The summed E-state index contributed by atoms with van der Waals surface area (Å²) in [6.07, 6.45) is 0. The number of hydrogen-bond acceptors (Lipinski definition) is 4.